The van der Waals surface area contributed by atoms with E-state index in [9.17, 15) is 9.59 Å². The third-order valence-corrected chi connectivity index (χ3v) is 7.34. The number of carbonyl (C=O) groups is 2. The number of hydrogen-bond acceptors (Lipinski definition) is 4. The van der Waals surface area contributed by atoms with Gasteiger partial charge in [0.05, 0.1) is 16.6 Å². The van der Waals surface area contributed by atoms with Crippen molar-refractivity contribution in [2.45, 2.75) is 63.1 Å². The van der Waals surface area contributed by atoms with Crippen LogP contribution < -0.4 is 10.6 Å². The molecule has 1 spiro atoms. The van der Waals surface area contributed by atoms with E-state index in [0.717, 1.165) is 58.0 Å². The highest BCUT2D eigenvalue weighted by atomic mass is 16.5. The van der Waals surface area contributed by atoms with Crippen LogP contribution in [0.1, 0.15) is 51.9 Å². The molecule has 140 valence electrons. The van der Waals surface area contributed by atoms with Gasteiger partial charge in [-0.05, 0) is 51.6 Å². The normalized spacial score (nSPS) is 37.1. The van der Waals surface area contributed by atoms with Crippen LogP contribution in [0.3, 0.4) is 0 Å². The number of ether oxygens (including phenoxy) is 1. The van der Waals surface area contributed by atoms with Crippen molar-refractivity contribution in [1.82, 2.24) is 15.5 Å². The largest absolute Gasteiger partial charge is 0.365 e. The van der Waals surface area contributed by atoms with E-state index in [1.807, 2.05) is 21.0 Å². The summed E-state index contributed by atoms with van der Waals surface area (Å²) in [6.45, 7) is 4.37. The second-order valence-corrected chi connectivity index (χ2v) is 9.26. The van der Waals surface area contributed by atoms with Crippen LogP contribution in [0.15, 0.2) is 0 Å². The van der Waals surface area contributed by atoms with Crippen molar-refractivity contribution < 1.29 is 14.3 Å². The molecular weight excluding hydrogens is 318 g/mol. The molecule has 3 saturated heterocycles. The van der Waals surface area contributed by atoms with Gasteiger partial charge in [-0.1, -0.05) is 13.3 Å². The van der Waals surface area contributed by atoms with Gasteiger partial charge in [-0.2, -0.15) is 0 Å². The topological polar surface area (TPSA) is 70.7 Å². The van der Waals surface area contributed by atoms with Gasteiger partial charge in [0.25, 0.3) is 0 Å². The molecule has 2 N–H and O–H groups in total. The Morgan fingerprint density at radius 1 is 1.12 bits per heavy atom. The molecule has 25 heavy (non-hydrogen) atoms. The highest BCUT2D eigenvalue weighted by Crippen LogP contribution is 2.69. The molecule has 0 unspecified atom stereocenters. The second-order valence-electron chi connectivity index (χ2n) is 9.26. The minimum atomic E-state index is -0.399. The molecule has 0 radical (unpaired) electrons. The van der Waals surface area contributed by atoms with Crippen LogP contribution in [0.2, 0.25) is 0 Å². The first kappa shape index (κ1) is 17.3. The van der Waals surface area contributed by atoms with Crippen molar-refractivity contribution in [3.05, 3.63) is 0 Å². The third kappa shape index (κ3) is 2.29. The molecule has 0 aromatic rings. The molecule has 2 saturated carbocycles. The first-order valence-electron chi connectivity index (χ1n) is 9.68. The summed E-state index contributed by atoms with van der Waals surface area (Å²) in [7, 11) is 3.67. The Morgan fingerprint density at radius 2 is 1.76 bits per heavy atom. The first-order chi connectivity index (χ1) is 11.8. The lowest BCUT2D eigenvalue weighted by Gasteiger charge is -2.49. The molecular formula is C19H31N3O3. The summed E-state index contributed by atoms with van der Waals surface area (Å²) in [5.74, 6) is 0.347. The minimum absolute atomic E-state index is 0.152. The Kier molecular flexibility index (Phi) is 3.75. The van der Waals surface area contributed by atoms with Crippen molar-refractivity contribution in [2.75, 3.05) is 33.7 Å². The zero-order chi connectivity index (χ0) is 17.9. The summed E-state index contributed by atoms with van der Waals surface area (Å²) in [4.78, 5) is 27.2. The molecule has 6 nitrogen and oxygen atoms in total. The summed E-state index contributed by atoms with van der Waals surface area (Å²) in [5.41, 5.74) is -1.30. The van der Waals surface area contributed by atoms with Crippen LogP contribution in [0, 0.1) is 10.8 Å². The monoisotopic (exact) mass is 349 g/mol. The van der Waals surface area contributed by atoms with Crippen molar-refractivity contribution >= 4 is 11.8 Å². The lowest BCUT2D eigenvalue weighted by Crippen LogP contribution is -2.61. The van der Waals surface area contributed by atoms with E-state index in [2.05, 4.69) is 10.6 Å². The maximum absolute atomic E-state index is 13.0. The van der Waals surface area contributed by atoms with E-state index in [-0.39, 0.29) is 28.4 Å². The highest BCUT2D eigenvalue weighted by molar-refractivity contribution is 5.87. The van der Waals surface area contributed by atoms with E-state index in [1.54, 1.807) is 4.90 Å². The fraction of sp³-hybridized carbons (Fsp3) is 0.895. The van der Waals surface area contributed by atoms with Gasteiger partial charge in [0.15, 0.2) is 0 Å². The molecule has 5 rings (SSSR count). The Morgan fingerprint density at radius 3 is 2.28 bits per heavy atom. The molecule has 0 atom stereocenters. The molecule has 6 heteroatoms. The predicted octanol–water partition coefficient (Wildman–Crippen LogP) is 1.05. The van der Waals surface area contributed by atoms with Crippen LogP contribution in [-0.4, -0.2) is 61.6 Å². The fourth-order valence-corrected chi connectivity index (χ4v) is 5.69. The summed E-state index contributed by atoms with van der Waals surface area (Å²) in [6.07, 6.45) is 6.33. The van der Waals surface area contributed by atoms with E-state index in [4.69, 9.17) is 4.74 Å². The van der Waals surface area contributed by atoms with Crippen molar-refractivity contribution in [1.29, 1.82) is 0 Å². The molecule has 5 aliphatic rings. The first-order valence-corrected chi connectivity index (χ1v) is 9.68. The average Bonchev–Trinajstić information content (AvgIpc) is 2.94. The lowest BCUT2D eigenvalue weighted by molar-refractivity contribution is -0.149. The van der Waals surface area contributed by atoms with Gasteiger partial charge in [0.2, 0.25) is 11.8 Å². The molecule has 0 aromatic heterocycles. The van der Waals surface area contributed by atoms with Crippen LogP contribution in [0.5, 0.6) is 0 Å². The van der Waals surface area contributed by atoms with Crippen molar-refractivity contribution in [3.8, 4) is 0 Å². The van der Waals surface area contributed by atoms with Gasteiger partial charge >= 0.3 is 0 Å². The number of amides is 2. The Bertz CT molecular complexity index is 585. The number of hydrogen-bond donors (Lipinski definition) is 2. The van der Waals surface area contributed by atoms with Gasteiger partial charge in [-0.3, -0.25) is 9.59 Å². The van der Waals surface area contributed by atoms with Crippen LogP contribution in [0.25, 0.3) is 0 Å². The third-order valence-electron chi connectivity index (χ3n) is 7.34. The second kappa shape index (κ2) is 5.43. The molecule has 2 bridgehead atoms. The zero-order valence-electron chi connectivity index (χ0n) is 15.7. The molecule has 2 amide bonds. The van der Waals surface area contributed by atoms with Gasteiger partial charge < -0.3 is 20.3 Å². The molecule has 3 aliphatic heterocycles. The molecule has 5 fully saturated rings. The summed E-state index contributed by atoms with van der Waals surface area (Å²) < 4.78 is 6.64. The number of rotatable bonds is 4. The van der Waals surface area contributed by atoms with Crippen LogP contribution in [0.4, 0.5) is 0 Å². The Hall–Kier alpha value is -1.14. The summed E-state index contributed by atoms with van der Waals surface area (Å²) in [6, 6.07) is 0. The molecule has 2 aliphatic carbocycles. The summed E-state index contributed by atoms with van der Waals surface area (Å²) >= 11 is 0. The van der Waals surface area contributed by atoms with Gasteiger partial charge in [-0.25, -0.2) is 0 Å². The van der Waals surface area contributed by atoms with E-state index in [0.29, 0.717) is 6.54 Å². The maximum atomic E-state index is 13.0. The van der Waals surface area contributed by atoms with E-state index < -0.39 is 5.41 Å². The van der Waals surface area contributed by atoms with Gasteiger partial charge in [0.1, 0.15) is 0 Å². The highest BCUT2D eigenvalue weighted by Gasteiger charge is 2.77. The maximum Gasteiger partial charge on any atom is 0.231 e. The van der Waals surface area contributed by atoms with E-state index in [1.165, 1.54) is 0 Å². The number of nitrogens with zero attached hydrogens (tertiary/aromatic N) is 1. The Balaban J connectivity index is 1.50. The zero-order valence-corrected chi connectivity index (χ0v) is 15.7. The fourth-order valence-electron chi connectivity index (χ4n) is 5.69. The predicted molar refractivity (Wildman–Crippen MR) is 94.0 cm³/mol. The SMILES string of the molecule is CN(C)C(=O)C12CC(CNC(=O)C3(C)CCC3)(C1)OC21CCNCC1. The Labute approximate surface area is 150 Å². The van der Waals surface area contributed by atoms with Crippen LogP contribution in [-0.2, 0) is 14.3 Å². The lowest BCUT2D eigenvalue weighted by atomic mass is 9.53. The average molecular weight is 349 g/mol. The molecule has 0 aromatic carbocycles. The quantitative estimate of drug-likeness (QED) is 0.796. The van der Waals surface area contributed by atoms with Gasteiger partial charge in [-0.15, -0.1) is 0 Å². The van der Waals surface area contributed by atoms with Crippen LogP contribution >= 0.6 is 0 Å². The number of piperidine rings is 1. The van der Waals surface area contributed by atoms with E-state index >= 15 is 0 Å². The minimum Gasteiger partial charge on any atom is -0.365 e. The summed E-state index contributed by atoms with van der Waals surface area (Å²) in [5, 5.41) is 6.53. The van der Waals surface area contributed by atoms with Crippen molar-refractivity contribution in [3.63, 3.8) is 0 Å². The number of nitrogens with one attached hydrogen (secondary N) is 2. The smallest absolute Gasteiger partial charge is 0.231 e. The molecule has 3 heterocycles. The standard InChI is InChI=1S/C19H31N3O3/c1-16(5-4-6-16)14(23)21-13-17-11-18(12-17,15(24)22(2)3)19(25-17)7-9-20-10-8-19/h20H,4-13H2,1-3H3,(H,21,23). The van der Waals surface area contributed by atoms with Gasteiger partial charge in [0, 0.05) is 26.1 Å². The number of carbonyl (C=O) groups excluding carboxylic acids is 2. The van der Waals surface area contributed by atoms with Crippen molar-refractivity contribution in [2.24, 2.45) is 10.8 Å².